The molecule has 162 valence electrons. The number of nitrogens with one attached hydrogen (secondary N) is 1. The molecule has 0 unspecified atom stereocenters. The predicted octanol–water partition coefficient (Wildman–Crippen LogP) is 6.23. The standard InChI is InChI=1S/C26H31N3O2/c1-17(2)11-13-29(14-12-18(3)4)20-10-9-19-15-21(26(30)31-24(19)16-20)25-27-22-7-5-6-8-23(22)28-25/h5-10,15-18H,11-14H2,1-4H3,(H,27,28). The Morgan fingerprint density at radius 2 is 1.68 bits per heavy atom. The van der Waals surface area contributed by atoms with Crippen LogP contribution < -0.4 is 10.5 Å². The minimum absolute atomic E-state index is 0.375. The van der Waals surface area contributed by atoms with Gasteiger partial charge in [0.1, 0.15) is 17.0 Å². The van der Waals surface area contributed by atoms with E-state index in [0.717, 1.165) is 48.0 Å². The van der Waals surface area contributed by atoms with Gasteiger partial charge in [0, 0.05) is 30.2 Å². The molecule has 2 aromatic heterocycles. The molecule has 0 aliphatic carbocycles. The Bertz CT molecular complexity index is 1190. The van der Waals surface area contributed by atoms with Crippen LogP contribution in [0.4, 0.5) is 5.69 Å². The Hall–Kier alpha value is -3.08. The van der Waals surface area contributed by atoms with E-state index in [1.807, 2.05) is 42.5 Å². The number of benzene rings is 2. The van der Waals surface area contributed by atoms with Crippen LogP contribution in [-0.4, -0.2) is 23.1 Å². The summed E-state index contributed by atoms with van der Waals surface area (Å²) in [6.45, 7) is 11.0. The Morgan fingerprint density at radius 3 is 2.35 bits per heavy atom. The molecule has 0 fully saturated rings. The maximum atomic E-state index is 12.8. The average molecular weight is 418 g/mol. The van der Waals surface area contributed by atoms with Gasteiger partial charge < -0.3 is 14.3 Å². The van der Waals surface area contributed by atoms with Gasteiger partial charge in [-0.05, 0) is 55.0 Å². The molecule has 1 N–H and O–H groups in total. The second kappa shape index (κ2) is 8.96. The van der Waals surface area contributed by atoms with E-state index in [-0.39, 0.29) is 5.63 Å². The number of aromatic nitrogens is 2. The van der Waals surface area contributed by atoms with Crippen molar-refractivity contribution in [3.63, 3.8) is 0 Å². The van der Waals surface area contributed by atoms with Crippen LogP contribution in [0.25, 0.3) is 33.4 Å². The summed E-state index contributed by atoms with van der Waals surface area (Å²) in [6, 6.07) is 15.8. The summed E-state index contributed by atoms with van der Waals surface area (Å²) >= 11 is 0. The van der Waals surface area contributed by atoms with Crippen LogP contribution in [0.1, 0.15) is 40.5 Å². The number of para-hydroxylation sites is 2. The first-order valence-electron chi connectivity index (χ1n) is 11.2. The SMILES string of the molecule is CC(C)CCN(CCC(C)C)c1ccc2cc(-c3nc4ccccc4[nH]3)c(=O)oc2c1. The number of imidazole rings is 1. The highest BCUT2D eigenvalue weighted by Gasteiger charge is 2.14. The van der Waals surface area contributed by atoms with Crippen LogP contribution in [0.5, 0.6) is 0 Å². The number of anilines is 1. The third-order valence-corrected chi connectivity index (χ3v) is 5.68. The summed E-state index contributed by atoms with van der Waals surface area (Å²) in [4.78, 5) is 23.0. The summed E-state index contributed by atoms with van der Waals surface area (Å²) < 4.78 is 5.74. The Kier molecular flexibility index (Phi) is 6.12. The molecule has 2 aromatic carbocycles. The van der Waals surface area contributed by atoms with Gasteiger partial charge in [-0.3, -0.25) is 0 Å². The number of hydrogen-bond acceptors (Lipinski definition) is 4. The summed E-state index contributed by atoms with van der Waals surface area (Å²) in [5.41, 5.74) is 3.53. The summed E-state index contributed by atoms with van der Waals surface area (Å²) in [6.07, 6.45) is 2.26. The lowest BCUT2D eigenvalue weighted by atomic mass is 10.1. The summed E-state index contributed by atoms with van der Waals surface area (Å²) in [7, 11) is 0. The molecule has 0 spiro atoms. The fourth-order valence-corrected chi connectivity index (χ4v) is 3.74. The highest BCUT2D eigenvalue weighted by molar-refractivity contribution is 5.85. The number of H-pyrrole nitrogens is 1. The van der Waals surface area contributed by atoms with Gasteiger partial charge in [-0.15, -0.1) is 0 Å². The van der Waals surface area contributed by atoms with Crippen LogP contribution >= 0.6 is 0 Å². The van der Waals surface area contributed by atoms with Crippen molar-refractivity contribution in [3.8, 4) is 11.4 Å². The van der Waals surface area contributed by atoms with Gasteiger partial charge in [0.25, 0.3) is 0 Å². The van der Waals surface area contributed by atoms with Gasteiger partial charge in [0.05, 0.1) is 11.0 Å². The van der Waals surface area contributed by atoms with Crippen LogP contribution in [0.2, 0.25) is 0 Å². The minimum Gasteiger partial charge on any atom is -0.422 e. The average Bonchev–Trinajstić information content (AvgIpc) is 3.16. The van der Waals surface area contributed by atoms with E-state index >= 15 is 0 Å². The highest BCUT2D eigenvalue weighted by atomic mass is 16.4. The number of fused-ring (bicyclic) bond motifs is 2. The quantitative estimate of drug-likeness (QED) is 0.345. The largest absolute Gasteiger partial charge is 0.422 e. The van der Waals surface area contributed by atoms with Gasteiger partial charge in [0.2, 0.25) is 0 Å². The minimum atomic E-state index is -0.375. The lowest BCUT2D eigenvalue weighted by Gasteiger charge is -2.26. The number of rotatable bonds is 8. The van der Waals surface area contributed by atoms with E-state index in [0.29, 0.717) is 28.8 Å². The molecule has 5 nitrogen and oxygen atoms in total. The fraction of sp³-hybridized carbons (Fsp3) is 0.385. The van der Waals surface area contributed by atoms with Crippen molar-refractivity contribution in [1.29, 1.82) is 0 Å². The van der Waals surface area contributed by atoms with E-state index in [1.54, 1.807) is 0 Å². The molecule has 0 atom stereocenters. The topological polar surface area (TPSA) is 62.1 Å². The van der Waals surface area contributed by atoms with Crippen molar-refractivity contribution in [1.82, 2.24) is 9.97 Å². The van der Waals surface area contributed by atoms with E-state index in [9.17, 15) is 4.79 Å². The van der Waals surface area contributed by atoms with Gasteiger partial charge >= 0.3 is 5.63 Å². The van der Waals surface area contributed by atoms with E-state index in [2.05, 4.69) is 48.6 Å². The first-order valence-corrected chi connectivity index (χ1v) is 11.2. The molecular formula is C26H31N3O2. The Balaban J connectivity index is 1.68. The highest BCUT2D eigenvalue weighted by Crippen LogP contribution is 2.26. The Morgan fingerprint density at radius 1 is 0.968 bits per heavy atom. The zero-order valence-electron chi connectivity index (χ0n) is 18.8. The maximum absolute atomic E-state index is 12.8. The monoisotopic (exact) mass is 417 g/mol. The van der Waals surface area contributed by atoms with Crippen molar-refractivity contribution in [2.45, 2.75) is 40.5 Å². The molecule has 0 saturated heterocycles. The molecule has 0 saturated carbocycles. The van der Waals surface area contributed by atoms with E-state index < -0.39 is 0 Å². The van der Waals surface area contributed by atoms with Gasteiger partial charge in [-0.25, -0.2) is 9.78 Å². The van der Waals surface area contributed by atoms with Crippen molar-refractivity contribution in [3.05, 3.63) is 59.0 Å². The normalized spacial score (nSPS) is 11.8. The second-order valence-electron chi connectivity index (χ2n) is 9.12. The van der Waals surface area contributed by atoms with E-state index in [1.165, 1.54) is 0 Å². The third-order valence-electron chi connectivity index (χ3n) is 5.68. The molecule has 0 aliphatic heterocycles. The van der Waals surface area contributed by atoms with Crippen molar-refractivity contribution in [2.75, 3.05) is 18.0 Å². The smallest absolute Gasteiger partial charge is 0.347 e. The van der Waals surface area contributed by atoms with Gasteiger partial charge in [0.15, 0.2) is 0 Å². The van der Waals surface area contributed by atoms with Crippen molar-refractivity contribution >= 4 is 27.7 Å². The number of nitrogens with zero attached hydrogens (tertiary/aromatic N) is 2. The molecule has 0 aliphatic rings. The first kappa shape index (κ1) is 21.2. The summed E-state index contributed by atoms with van der Waals surface area (Å²) in [5.74, 6) is 1.83. The zero-order valence-corrected chi connectivity index (χ0v) is 18.8. The second-order valence-corrected chi connectivity index (χ2v) is 9.12. The third kappa shape index (κ3) is 4.82. The van der Waals surface area contributed by atoms with Gasteiger partial charge in [-0.2, -0.15) is 0 Å². The molecule has 0 bridgehead atoms. The molecular weight excluding hydrogens is 386 g/mol. The summed E-state index contributed by atoms with van der Waals surface area (Å²) in [5, 5.41) is 0.895. The van der Waals surface area contributed by atoms with Crippen LogP contribution in [0, 0.1) is 11.8 Å². The lowest BCUT2D eigenvalue weighted by molar-refractivity contribution is 0.534. The fourth-order valence-electron chi connectivity index (χ4n) is 3.74. The molecule has 5 heteroatoms. The zero-order chi connectivity index (χ0) is 22.0. The van der Waals surface area contributed by atoms with Crippen LogP contribution in [0.15, 0.2) is 57.7 Å². The first-order chi connectivity index (χ1) is 14.9. The number of hydrogen-bond donors (Lipinski definition) is 1. The van der Waals surface area contributed by atoms with Gasteiger partial charge in [-0.1, -0.05) is 39.8 Å². The molecule has 31 heavy (non-hydrogen) atoms. The number of aromatic amines is 1. The van der Waals surface area contributed by atoms with E-state index in [4.69, 9.17) is 4.42 Å². The molecule has 0 amide bonds. The molecule has 2 heterocycles. The molecule has 0 radical (unpaired) electrons. The van der Waals surface area contributed by atoms with Crippen molar-refractivity contribution in [2.24, 2.45) is 11.8 Å². The molecule has 4 aromatic rings. The maximum Gasteiger partial charge on any atom is 0.347 e. The molecule has 4 rings (SSSR count). The predicted molar refractivity (Wildman–Crippen MR) is 129 cm³/mol. The van der Waals surface area contributed by atoms with Crippen LogP contribution in [-0.2, 0) is 0 Å². The Labute approximate surface area is 183 Å². The lowest BCUT2D eigenvalue weighted by Crippen LogP contribution is -2.27. The van der Waals surface area contributed by atoms with Crippen molar-refractivity contribution < 1.29 is 4.42 Å². The van der Waals surface area contributed by atoms with Crippen LogP contribution in [0.3, 0.4) is 0 Å².